The number of hydrogen-bond acceptors (Lipinski definition) is 10. The van der Waals surface area contributed by atoms with Gasteiger partial charge in [-0.15, -0.1) is 11.3 Å². The van der Waals surface area contributed by atoms with Gasteiger partial charge in [-0.3, -0.25) is 9.59 Å². The molecule has 4 rings (SSSR count). The molecule has 1 aromatic heterocycles. The van der Waals surface area contributed by atoms with Crippen molar-refractivity contribution in [3.8, 4) is 10.4 Å². The van der Waals surface area contributed by atoms with Crippen molar-refractivity contribution in [1.82, 2.24) is 26.3 Å². The van der Waals surface area contributed by atoms with Crippen molar-refractivity contribution in [3.05, 3.63) is 41.0 Å². The summed E-state index contributed by atoms with van der Waals surface area (Å²) >= 11 is 3.50. The second-order valence-electron chi connectivity index (χ2n) is 11.1. The number of unbranched alkanes of at least 4 members (excludes halogenated alkanes) is 1. The van der Waals surface area contributed by atoms with Gasteiger partial charge in [0.1, 0.15) is 0 Å². The first-order valence-electron chi connectivity index (χ1n) is 15.6. The van der Waals surface area contributed by atoms with Gasteiger partial charge in [-0.25, -0.2) is 9.78 Å². The van der Waals surface area contributed by atoms with E-state index in [9.17, 15) is 14.4 Å². The number of benzene rings is 1. The smallest absolute Gasteiger partial charge is 0.315 e. The summed E-state index contributed by atoms with van der Waals surface area (Å²) in [5.41, 5.74) is 11.1. The summed E-state index contributed by atoms with van der Waals surface area (Å²) in [5.74, 6) is 0.873. The third kappa shape index (κ3) is 11.8. The Kier molecular flexibility index (Phi) is 14.9. The highest BCUT2D eigenvalue weighted by Gasteiger charge is 2.42. The molecule has 6 N–H and O–H groups in total. The lowest BCUT2D eigenvalue weighted by Gasteiger charge is -2.16. The number of hydrogen-bond donors (Lipinski definition) is 5. The number of carbonyl (C=O) groups is 3. The fourth-order valence-electron chi connectivity index (χ4n) is 5.28. The van der Waals surface area contributed by atoms with Gasteiger partial charge in [0, 0.05) is 43.0 Å². The molecular formula is C31H46N6O6S2. The molecule has 45 heavy (non-hydrogen) atoms. The summed E-state index contributed by atoms with van der Waals surface area (Å²) in [6.07, 6.45) is 3.51. The van der Waals surface area contributed by atoms with Gasteiger partial charge in [-0.2, -0.15) is 11.8 Å². The molecule has 0 aliphatic carbocycles. The predicted octanol–water partition coefficient (Wildman–Crippen LogP) is 2.52. The van der Waals surface area contributed by atoms with E-state index in [1.807, 2.05) is 48.5 Å². The number of rotatable bonds is 21. The van der Waals surface area contributed by atoms with Crippen LogP contribution in [0.15, 0.2) is 29.8 Å². The lowest BCUT2D eigenvalue weighted by Crippen LogP contribution is -2.36. The van der Waals surface area contributed by atoms with Crippen molar-refractivity contribution in [3.63, 3.8) is 0 Å². The van der Waals surface area contributed by atoms with Crippen LogP contribution in [0.4, 0.5) is 4.79 Å². The van der Waals surface area contributed by atoms with Gasteiger partial charge < -0.3 is 41.2 Å². The van der Waals surface area contributed by atoms with E-state index in [0.717, 1.165) is 46.7 Å². The standard InChI is InChI=1S/C31H46N6O6S2/c1-21-30(45-20-35-21)23-8-6-22(7-9-23)24(32)18-28(39)34-11-13-42-15-17-43-16-14-41-12-10-33-27(38)5-3-2-4-26-29-25(19-44-26)36-31(40)37-29/h6-9,20,24-26,29H,2-5,10-19,32H2,1H3,(H,33,38)(H,34,39)(H2,36,37,40)/t24-,25?,26-,29?/m0/s1. The Hall–Kier alpha value is -2.75. The van der Waals surface area contributed by atoms with Gasteiger partial charge in [-0.1, -0.05) is 30.7 Å². The monoisotopic (exact) mass is 662 g/mol. The zero-order chi connectivity index (χ0) is 31.9. The highest BCUT2D eigenvalue weighted by molar-refractivity contribution is 8.00. The third-order valence-corrected chi connectivity index (χ3v) is 10.2. The average Bonchev–Trinajstić information content (AvgIpc) is 3.73. The Morgan fingerprint density at radius 1 is 0.978 bits per heavy atom. The first-order chi connectivity index (χ1) is 21.9. The molecule has 0 spiro atoms. The summed E-state index contributed by atoms with van der Waals surface area (Å²) < 4.78 is 16.5. The molecule has 2 unspecified atom stereocenters. The lowest BCUT2D eigenvalue weighted by atomic mass is 10.0. The zero-order valence-corrected chi connectivity index (χ0v) is 27.5. The number of thiazole rings is 1. The topological polar surface area (TPSA) is 166 Å². The molecule has 0 saturated carbocycles. The van der Waals surface area contributed by atoms with Gasteiger partial charge in [0.15, 0.2) is 0 Å². The normalized spacial score (nSPS) is 19.5. The highest BCUT2D eigenvalue weighted by Crippen LogP contribution is 2.33. The fourth-order valence-corrected chi connectivity index (χ4v) is 7.64. The van der Waals surface area contributed by atoms with Crippen molar-refractivity contribution < 1.29 is 28.6 Å². The maximum absolute atomic E-state index is 12.3. The molecule has 12 nitrogen and oxygen atoms in total. The van der Waals surface area contributed by atoms with Crippen molar-refractivity contribution >= 4 is 40.9 Å². The summed E-state index contributed by atoms with van der Waals surface area (Å²) in [5, 5.41) is 12.1. The number of ether oxygens (including phenoxy) is 3. The Morgan fingerprint density at radius 2 is 1.64 bits per heavy atom. The summed E-state index contributed by atoms with van der Waals surface area (Å²) in [7, 11) is 0. The fraction of sp³-hybridized carbons (Fsp3) is 0.613. The molecule has 3 heterocycles. The maximum Gasteiger partial charge on any atom is 0.315 e. The number of amides is 4. The lowest BCUT2D eigenvalue weighted by molar-refractivity contribution is -0.122. The first-order valence-corrected chi connectivity index (χ1v) is 17.5. The van der Waals surface area contributed by atoms with E-state index in [1.54, 1.807) is 11.3 Å². The Labute approximate surface area is 273 Å². The van der Waals surface area contributed by atoms with E-state index in [-0.39, 0.29) is 42.4 Å². The first kappa shape index (κ1) is 35.1. The Morgan fingerprint density at radius 3 is 2.31 bits per heavy atom. The predicted molar refractivity (Wildman–Crippen MR) is 176 cm³/mol. The molecule has 4 atom stereocenters. The number of aromatic nitrogens is 1. The van der Waals surface area contributed by atoms with Crippen LogP contribution in [0.25, 0.3) is 10.4 Å². The number of carbonyl (C=O) groups excluding carboxylic acids is 3. The van der Waals surface area contributed by atoms with Crippen LogP contribution >= 0.6 is 23.1 Å². The molecule has 4 amide bonds. The number of fused-ring (bicyclic) bond motifs is 1. The van der Waals surface area contributed by atoms with Crippen LogP contribution in [0.5, 0.6) is 0 Å². The van der Waals surface area contributed by atoms with E-state index in [1.165, 1.54) is 0 Å². The van der Waals surface area contributed by atoms with E-state index >= 15 is 0 Å². The maximum atomic E-state index is 12.3. The minimum atomic E-state index is -0.378. The van der Waals surface area contributed by atoms with Crippen LogP contribution < -0.4 is 27.0 Å². The summed E-state index contributed by atoms with van der Waals surface area (Å²) in [4.78, 5) is 41.2. The van der Waals surface area contributed by atoms with Crippen LogP contribution in [-0.4, -0.2) is 98.6 Å². The molecule has 2 fully saturated rings. The van der Waals surface area contributed by atoms with Crippen molar-refractivity contribution in [2.24, 2.45) is 5.73 Å². The number of nitrogens with zero attached hydrogens (tertiary/aromatic N) is 1. The van der Waals surface area contributed by atoms with E-state index in [2.05, 4.69) is 26.3 Å². The van der Waals surface area contributed by atoms with Crippen LogP contribution in [-0.2, 0) is 23.8 Å². The molecule has 2 saturated heterocycles. The molecule has 248 valence electrons. The largest absolute Gasteiger partial charge is 0.377 e. The van der Waals surface area contributed by atoms with E-state index in [0.29, 0.717) is 64.4 Å². The number of nitrogens with one attached hydrogen (secondary N) is 4. The van der Waals surface area contributed by atoms with Gasteiger partial charge in [0.25, 0.3) is 0 Å². The van der Waals surface area contributed by atoms with Gasteiger partial charge in [0.2, 0.25) is 11.8 Å². The van der Waals surface area contributed by atoms with Crippen LogP contribution in [0.3, 0.4) is 0 Å². The Balaban J connectivity index is 0.894. The molecule has 14 heteroatoms. The number of aryl methyl sites for hydroxylation is 1. The number of thioether (sulfide) groups is 1. The van der Waals surface area contributed by atoms with Crippen molar-refractivity contribution in [2.45, 2.75) is 62.4 Å². The molecule has 0 radical (unpaired) electrons. The third-order valence-electron chi connectivity index (χ3n) is 7.71. The minimum absolute atomic E-state index is 0.0340. The quantitative estimate of drug-likeness (QED) is 0.0998. The van der Waals surface area contributed by atoms with Crippen LogP contribution in [0.1, 0.15) is 49.4 Å². The second kappa shape index (κ2) is 19.0. The highest BCUT2D eigenvalue weighted by atomic mass is 32.2. The molecule has 2 aromatic rings. The molecular weight excluding hydrogens is 617 g/mol. The molecule has 1 aromatic carbocycles. The zero-order valence-electron chi connectivity index (χ0n) is 25.9. The van der Waals surface area contributed by atoms with Crippen LogP contribution in [0.2, 0.25) is 0 Å². The van der Waals surface area contributed by atoms with Crippen LogP contribution in [0, 0.1) is 6.92 Å². The van der Waals surface area contributed by atoms with Gasteiger partial charge in [0.05, 0.1) is 67.8 Å². The second-order valence-corrected chi connectivity index (χ2v) is 13.2. The Bertz CT molecular complexity index is 1220. The molecule has 0 bridgehead atoms. The number of nitrogens with two attached hydrogens (primary N) is 1. The average molecular weight is 663 g/mol. The molecule has 2 aliphatic heterocycles. The van der Waals surface area contributed by atoms with Crippen molar-refractivity contribution in [2.75, 3.05) is 58.5 Å². The summed E-state index contributed by atoms with van der Waals surface area (Å²) in [6.45, 7) is 5.41. The number of urea groups is 1. The van der Waals surface area contributed by atoms with Crippen molar-refractivity contribution in [1.29, 1.82) is 0 Å². The minimum Gasteiger partial charge on any atom is -0.377 e. The SMILES string of the molecule is Cc1ncsc1-c1ccc([C@@H](N)CC(=O)NCCOCCOCCOCCNC(=O)CCCC[C@@H]2SCC3NC(=O)NC32)cc1. The molecule has 2 aliphatic rings. The van der Waals surface area contributed by atoms with E-state index < -0.39 is 0 Å². The van der Waals surface area contributed by atoms with Gasteiger partial charge in [-0.05, 0) is 30.9 Å². The van der Waals surface area contributed by atoms with Gasteiger partial charge >= 0.3 is 6.03 Å². The van der Waals surface area contributed by atoms with E-state index in [4.69, 9.17) is 19.9 Å². The summed E-state index contributed by atoms with van der Waals surface area (Å²) in [6, 6.07) is 7.98.